The maximum absolute atomic E-state index is 11.4. The second kappa shape index (κ2) is 3.87. The Labute approximate surface area is 107 Å². The van der Waals surface area contributed by atoms with Crippen LogP contribution in [0, 0.1) is 19.8 Å². The quantitative estimate of drug-likeness (QED) is 0.746. The molecule has 0 aromatic heterocycles. The Balaban J connectivity index is 2.14. The lowest BCUT2D eigenvalue weighted by atomic mass is 9.78. The van der Waals surface area contributed by atoms with Gasteiger partial charge in [-0.05, 0) is 37.0 Å². The van der Waals surface area contributed by atoms with Gasteiger partial charge in [0.05, 0.1) is 0 Å². The first kappa shape index (κ1) is 11.3. The van der Waals surface area contributed by atoms with Crippen LogP contribution in [-0.2, 0) is 4.79 Å². The summed E-state index contributed by atoms with van der Waals surface area (Å²) in [4.78, 5) is 11.4. The van der Waals surface area contributed by atoms with E-state index < -0.39 is 12.0 Å². The SMILES string of the molecule is Cc1ccc2c(c1C)N[C@@H](C(=O)O)[C@H]1CC=C[C@H]21. The van der Waals surface area contributed by atoms with Crippen LogP contribution in [0.4, 0.5) is 5.69 Å². The molecule has 0 amide bonds. The van der Waals surface area contributed by atoms with Crippen LogP contribution in [0.3, 0.4) is 0 Å². The van der Waals surface area contributed by atoms with Crippen molar-refractivity contribution in [2.45, 2.75) is 32.2 Å². The predicted octanol–water partition coefficient (Wildman–Crippen LogP) is 2.84. The lowest BCUT2D eigenvalue weighted by Crippen LogP contribution is -2.42. The molecular formula is C15H17NO2. The molecule has 0 radical (unpaired) electrons. The number of fused-ring (bicyclic) bond motifs is 3. The number of aliphatic carboxylic acids is 1. The molecule has 18 heavy (non-hydrogen) atoms. The summed E-state index contributed by atoms with van der Waals surface area (Å²) < 4.78 is 0. The number of hydrogen-bond acceptors (Lipinski definition) is 2. The zero-order chi connectivity index (χ0) is 12.9. The molecule has 3 rings (SSSR count). The molecular weight excluding hydrogens is 226 g/mol. The molecule has 94 valence electrons. The van der Waals surface area contributed by atoms with E-state index >= 15 is 0 Å². The van der Waals surface area contributed by atoms with Gasteiger partial charge < -0.3 is 10.4 Å². The molecule has 3 nitrogen and oxygen atoms in total. The number of allylic oxidation sites excluding steroid dienone is 2. The van der Waals surface area contributed by atoms with Crippen LogP contribution in [0.2, 0.25) is 0 Å². The van der Waals surface area contributed by atoms with Gasteiger partial charge in [-0.1, -0.05) is 24.3 Å². The smallest absolute Gasteiger partial charge is 0.326 e. The summed E-state index contributed by atoms with van der Waals surface area (Å²) in [5.41, 5.74) is 4.63. The van der Waals surface area contributed by atoms with Crippen molar-refractivity contribution in [1.29, 1.82) is 0 Å². The minimum Gasteiger partial charge on any atom is -0.480 e. The maximum atomic E-state index is 11.4. The Morgan fingerprint density at radius 1 is 1.39 bits per heavy atom. The Kier molecular flexibility index (Phi) is 2.44. The maximum Gasteiger partial charge on any atom is 0.326 e. The van der Waals surface area contributed by atoms with Crippen LogP contribution in [-0.4, -0.2) is 17.1 Å². The molecule has 0 bridgehead atoms. The Hall–Kier alpha value is -1.77. The Bertz CT molecular complexity index is 548. The summed E-state index contributed by atoms with van der Waals surface area (Å²) in [5, 5.41) is 12.6. The highest BCUT2D eigenvalue weighted by molar-refractivity contribution is 5.81. The second-order valence-corrected chi connectivity index (χ2v) is 5.29. The summed E-state index contributed by atoms with van der Waals surface area (Å²) in [6.45, 7) is 4.11. The number of rotatable bonds is 1. The number of benzene rings is 1. The summed E-state index contributed by atoms with van der Waals surface area (Å²) >= 11 is 0. The molecule has 2 aliphatic rings. The number of nitrogens with one attached hydrogen (secondary N) is 1. The molecule has 1 aliphatic carbocycles. The minimum atomic E-state index is -0.750. The van der Waals surface area contributed by atoms with Gasteiger partial charge in [-0.2, -0.15) is 0 Å². The van der Waals surface area contributed by atoms with E-state index in [4.69, 9.17) is 0 Å². The molecule has 1 aliphatic heterocycles. The van der Waals surface area contributed by atoms with Crippen molar-refractivity contribution in [3.05, 3.63) is 41.0 Å². The van der Waals surface area contributed by atoms with Gasteiger partial charge in [0.2, 0.25) is 0 Å². The highest BCUT2D eigenvalue weighted by atomic mass is 16.4. The van der Waals surface area contributed by atoms with Gasteiger partial charge in [0, 0.05) is 17.5 Å². The zero-order valence-corrected chi connectivity index (χ0v) is 10.6. The number of carboxylic acid groups (broad SMARTS) is 1. The van der Waals surface area contributed by atoms with Gasteiger partial charge in [-0.25, -0.2) is 4.79 Å². The Morgan fingerprint density at radius 2 is 2.17 bits per heavy atom. The van der Waals surface area contributed by atoms with E-state index in [0.717, 1.165) is 17.7 Å². The van der Waals surface area contributed by atoms with Crippen LogP contribution < -0.4 is 5.32 Å². The number of carboxylic acids is 1. The number of anilines is 1. The topological polar surface area (TPSA) is 49.3 Å². The minimum absolute atomic E-state index is 0.150. The third-order valence-electron chi connectivity index (χ3n) is 4.33. The summed E-state index contributed by atoms with van der Waals surface area (Å²) in [7, 11) is 0. The van der Waals surface area contributed by atoms with Crippen molar-refractivity contribution < 1.29 is 9.90 Å². The fourth-order valence-corrected chi connectivity index (χ4v) is 3.16. The van der Waals surface area contributed by atoms with E-state index in [1.54, 1.807) is 0 Å². The molecule has 1 aromatic rings. The van der Waals surface area contributed by atoms with Crippen LogP contribution in [0.25, 0.3) is 0 Å². The Morgan fingerprint density at radius 3 is 2.89 bits per heavy atom. The predicted molar refractivity (Wildman–Crippen MR) is 71.0 cm³/mol. The standard InChI is InChI=1S/C15H17NO2/c1-8-6-7-12-10-4-3-5-11(10)14(15(17)18)16-13(12)9(8)2/h3-4,6-7,10-11,14,16H,5H2,1-2H3,(H,17,18)/t10-,11-,14+/m0/s1. The van der Waals surface area contributed by atoms with Gasteiger partial charge in [0.25, 0.3) is 0 Å². The largest absolute Gasteiger partial charge is 0.480 e. The lowest BCUT2D eigenvalue weighted by Gasteiger charge is -2.36. The number of hydrogen-bond donors (Lipinski definition) is 2. The van der Waals surface area contributed by atoms with Gasteiger partial charge in [-0.15, -0.1) is 0 Å². The normalized spacial score (nSPS) is 28.4. The molecule has 2 N–H and O–H groups in total. The zero-order valence-electron chi connectivity index (χ0n) is 10.6. The van der Waals surface area contributed by atoms with Crippen LogP contribution in [0.15, 0.2) is 24.3 Å². The molecule has 0 spiro atoms. The average Bonchev–Trinajstić information content (AvgIpc) is 2.81. The van der Waals surface area contributed by atoms with E-state index in [1.165, 1.54) is 11.1 Å². The molecule has 3 heteroatoms. The third-order valence-corrected chi connectivity index (χ3v) is 4.33. The molecule has 0 saturated carbocycles. The molecule has 0 saturated heterocycles. The fraction of sp³-hybridized carbons (Fsp3) is 0.400. The van der Waals surface area contributed by atoms with E-state index in [9.17, 15) is 9.90 Å². The van der Waals surface area contributed by atoms with Gasteiger partial charge in [-0.3, -0.25) is 0 Å². The van der Waals surface area contributed by atoms with Crippen molar-refractivity contribution in [3.63, 3.8) is 0 Å². The first-order valence-corrected chi connectivity index (χ1v) is 6.35. The molecule has 1 heterocycles. The van der Waals surface area contributed by atoms with Gasteiger partial charge in [0.1, 0.15) is 6.04 Å². The van der Waals surface area contributed by atoms with Crippen molar-refractivity contribution in [2.24, 2.45) is 5.92 Å². The molecule has 0 fully saturated rings. The van der Waals surface area contributed by atoms with Crippen LogP contribution in [0.1, 0.15) is 29.0 Å². The van der Waals surface area contributed by atoms with E-state index in [-0.39, 0.29) is 11.8 Å². The van der Waals surface area contributed by atoms with E-state index in [1.807, 2.05) is 0 Å². The second-order valence-electron chi connectivity index (χ2n) is 5.29. The summed E-state index contributed by atoms with van der Waals surface area (Å²) in [6.07, 6.45) is 5.12. The first-order valence-electron chi connectivity index (χ1n) is 6.35. The highest BCUT2D eigenvalue weighted by Crippen LogP contribution is 2.46. The van der Waals surface area contributed by atoms with Crippen molar-refractivity contribution in [3.8, 4) is 0 Å². The monoisotopic (exact) mass is 243 g/mol. The lowest BCUT2D eigenvalue weighted by molar-refractivity contribution is -0.139. The van der Waals surface area contributed by atoms with Crippen molar-refractivity contribution in [1.82, 2.24) is 0 Å². The molecule has 3 atom stereocenters. The van der Waals surface area contributed by atoms with Crippen LogP contribution >= 0.6 is 0 Å². The average molecular weight is 243 g/mol. The summed E-state index contributed by atoms with van der Waals surface area (Å²) in [6, 6.07) is 3.79. The first-order chi connectivity index (χ1) is 8.59. The third kappa shape index (κ3) is 1.47. The fourth-order valence-electron chi connectivity index (χ4n) is 3.16. The number of aryl methyl sites for hydroxylation is 1. The van der Waals surface area contributed by atoms with E-state index in [2.05, 4.69) is 43.4 Å². The van der Waals surface area contributed by atoms with Crippen molar-refractivity contribution in [2.75, 3.05) is 5.32 Å². The van der Waals surface area contributed by atoms with Gasteiger partial charge >= 0.3 is 5.97 Å². The van der Waals surface area contributed by atoms with E-state index in [0.29, 0.717) is 0 Å². The van der Waals surface area contributed by atoms with Crippen LogP contribution in [0.5, 0.6) is 0 Å². The number of carbonyl (C=O) groups is 1. The van der Waals surface area contributed by atoms with Gasteiger partial charge in [0.15, 0.2) is 0 Å². The molecule has 0 unspecified atom stereocenters. The molecule has 1 aromatic carbocycles. The summed E-state index contributed by atoms with van der Waals surface area (Å²) in [5.74, 6) is -0.348. The van der Waals surface area contributed by atoms with Crippen molar-refractivity contribution >= 4 is 11.7 Å². The highest BCUT2D eigenvalue weighted by Gasteiger charge is 2.41.